The molecule has 0 saturated carbocycles. The minimum atomic E-state index is -4.95. The van der Waals surface area contributed by atoms with E-state index in [1.54, 1.807) is 0 Å². The fourth-order valence-corrected chi connectivity index (χ4v) is 3.87. The van der Waals surface area contributed by atoms with Crippen LogP contribution in [-0.4, -0.2) is 19.2 Å². The maximum Gasteiger partial charge on any atom is 0.417 e. The van der Waals surface area contributed by atoms with Gasteiger partial charge in [0.2, 0.25) is 15.8 Å². The Bertz CT molecular complexity index is 1220. The van der Waals surface area contributed by atoms with Crippen LogP contribution in [0.3, 0.4) is 0 Å². The molecule has 0 radical (unpaired) electrons. The number of hydrogen-bond acceptors (Lipinski definition) is 7. The third-order valence-electron chi connectivity index (χ3n) is 3.84. The molecule has 1 aromatic heterocycles. The van der Waals surface area contributed by atoms with Crippen LogP contribution >= 0.6 is 11.3 Å². The van der Waals surface area contributed by atoms with Gasteiger partial charge in [0.15, 0.2) is 5.13 Å². The fourth-order valence-electron chi connectivity index (χ4n) is 2.50. The molecular formula is C17H12F4N4O3S2. The molecule has 0 amide bonds. The average molecular weight is 460 g/mol. The molecule has 3 rings (SSSR count). The zero-order chi connectivity index (χ0) is 22.3. The Kier molecular flexibility index (Phi) is 5.54. The lowest BCUT2D eigenvalue weighted by Crippen LogP contribution is -2.16. The first-order valence-corrected chi connectivity index (χ1v) is 10.3. The summed E-state index contributed by atoms with van der Waals surface area (Å²) in [7, 11) is -3.89. The molecule has 7 nitrogen and oxygen atoms in total. The molecule has 0 aliphatic heterocycles. The smallest absolute Gasteiger partial charge is 0.382 e. The van der Waals surface area contributed by atoms with E-state index in [9.17, 15) is 30.8 Å². The Balaban J connectivity index is 1.93. The average Bonchev–Trinajstić information content (AvgIpc) is 3.00. The van der Waals surface area contributed by atoms with Gasteiger partial charge in [-0.1, -0.05) is 17.4 Å². The van der Waals surface area contributed by atoms with Gasteiger partial charge in [0.05, 0.1) is 16.0 Å². The van der Waals surface area contributed by atoms with Crippen LogP contribution in [0.2, 0.25) is 0 Å². The zero-order valence-corrected chi connectivity index (χ0v) is 16.3. The van der Waals surface area contributed by atoms with Crippen molar-refractivity contribution in [2.45, 2.75) is 11.1 Å². The van der Waals surface area contributed by atoms with Gasteiger partial charge in [-0.15, -0.1) is 0 Å². The number of nitrogens with two attached hydrogens (primary N) is 2. The van der Waals surface area contributed by atoms with E-state index in [4.69, 9.17) is 10.9 Å². The Morgan fingerprint density at radius 1 is 1.10 bits per heavy atom. The largest absolute Gasteiger partial charge is 0.417 e. The number of nitrogens with zero attached hydrogens (tertiary/aromatic N) is 1. The molecule has 13 heteroatoms. The number of carbonyl (C=O) groups excluding carboxylic acids is 1. The minimum Gasteiger partial charge on any atom is -0.382 e. The molecule has 0 aliphatic rings. The van der Waals surface area contributed by atoms with Crippen LogP contribution < -0.4 is 16.2 Å². The number of aromatic nitrogens is 1. The first-order valence-electron chi connectivity index (χ1n) is 7.94. The molecule has 0 unspecified atom stereocenters. The highest BCUT2D eigenvalue weighted by Crippen LogP contribution is 2.36. The number of carbonyl (C=O) groups is 1. The summed E-state index contributed by atoms with van der Waals surface area (Å²) >= 11 is 0.621. The summed E-state index contributed by atoms with van der Waals surface area (Å²) in [5.74, 6) is -2.98. The van der Waals surface area contributed by atoms with E-state index in [1.165, 1.54) is 24.3 Å². The van der Waals surface area contributed by atoms with E-state index in [0.717, 1.165) is 12.1 Å². The van der Waals surface area contributed by atoms with Gasteiger partial charge in [0.1, 0.15) is 16.5 Å². The van der Waals surface area contributed by atoms with Crippen molar-refractivity contribution in [3.63, 3.8) is 0 Å². The second-order valence-corrected chi connectivity index (χ2v) is 8.48. The number of sulfonamides is 1. The van der Waals surface area contributed by atoms with Crippen molar-refractivity contribution in [3.05, 3.63) is 64.3 Å². The van der Waals surface area contributed by atoms with E-state index < -0.39 is 38.9 Å². The Hall–Kier alpha value is -3.03. The summed E-state index contributed by atoms with van der Waals surface area (Å²) in [6.07, 6.45) is -4.95. The number of benzene rings is 2. The first-order chi connectivity index (χ1) is 13.9. The molecule has 0 aliphatic carbocycles. The molecule has 158 valence electrons. The standard InChI is InChI=1S/C17H12F4N4O3S2/c18-11-3-1-2-10(17(19,20)21)12(11)13(26)14-15(22)25-16(29-14)24-8-4-6-9(7-5-8)30(23,27)28/h1-7H,22H2,(H,24,25)(H2,23,27,28). The lowest BCUT2D eigenvalue weighted by Gasteiger charge is -2.12. The number of thiazole rings is 1. The third-order valence-corrected chi connectivity index (χ3v) is 5.75. The summed E-state index contributed by atoms with van der Waals surface area (Å²) in [5, 5.41) is 7.77. The van der Waals surface area contributed by atoms with Crippen LogP contribution in [0.5, 0.6) is 0 Å². The molecule has 0 fully saturated rings. The van der Waals surface area contributed by atoms with Crippen molar-refractivity contribution >= 4 is 43.8 Å². The van der Waals surface area contributed by atoms with Crippen molar-refractivity contribution in [2.24, 2.45) is 5.14 Å². The second-order valence-electron chi connectivity index (χ2n) is 5.92. The number of rotatable bonds is 5. The Morgan fingerprint density at radius 3 is 2.30 bits per heavy atom. The lowest BCUT2D eigenvalue weighted by atomic mass is 10.0. The number of hydrogen-bond donors (Lipinski definition) is 3. The summed E-state index contributed by atoms with van der Waals surface area (Å²) in [5.41, 5.74) is 3.44. The van der Waals surface area contributed by atoms with Gasteiger partial charge in [-0.2, -0.15) is 13.2 Å². The normalized spacial score (nSPS) is 12.0. The maximum atomic E-state index is 14.1. The van der Waals surface area contributed by atoms with Crippen LogP contribution in [0.25, 0.3) is 0 Å². The Labute approximate surface area is 171 Å². The number of ketones is 1. The molecule has 5 N–H and O–H groups in total. The number of nitrogens with one attached hydrogen (secondary N) is 1. The van der Waals surface area contributed by atoms with Crippen LogP contribution in [0, 0.1) is 5.82 Å². The quantitative estimate of drug-likeness (QED) is 0.395. The van der Waals surface area contributed by atoms with Gasteiger partial charge in [0, 0.05) is 5.69 Å². The van der Waals surface area contributed by atoms with E-state index in [1.807, 2.05) is 0 Å². The van der Waals surface area contributed by atoms with Gasteiger partial charge < -0.3 is 11.1 Å². The third kappa shape index (κ3) is 4.42. The molecule has 3 aromatic rings. The van der Waals surface area contributed by atoms with E-state index in [0.29, 0.717) is 23.1 Å². The number of nitrogen functional groups attached to an aromatic ring is 1. The number of halogens is 4. The number of alkyl halides is 3. The van der Waals surface area contributed by atoms with Crippen molar-refractivity contribution < 1.29 is 30.8 Å². The molecule has 0 spiro atoms. The van der Waals surface area contributed by atoms with Crippen LogP contribution in [0.4, 0.5) is 34.2 Å². The second kappa shape index (κ2) is 7.66. The molecule has 0 bridgehead atoms. The number of anilines is 3. The van der Waals surface area contributed by atoms with Crippen LogP contribution in [0.1, 0.15) is 20.8 Å². The van der Waals surface area contributed by atoms with E-state index in [2.05, 4.69) is 10.3 Å². The topological polar surface area (TPSA) is 128 Å². The highest BCUT2D eigenvalue weighted by atomic mass is 32.2. The van der Waals surface area contributed by atoms with Gasteiger partial charge in [-0.3, -0.25) is 4.79 Å². The van der Waals surface area contributed by atoms with Gasteiger partial charge >= 0.3 is 6.18 Å². The van der Waals surface area contributed by atoms with E-state index >= 15 is 0 Å². The lowest BCUT2D eigenvalue weighted by molar-refractivity contribution is -0.138. The summed E-state index contributed by atoms with van der Waals surface area (Å²) in [6.45, 7) is 0. The van der Waals surface area contributed by atoms with E-state index in [-0.39, 0.29) is 20.7 Å². The monoisotopic (exact) mass is 460 g/mol. The summed E-state index contributed by atoms with van der Waals surface area (Å²) < 4.78 is 76.2. The summed E-state index contributed by atoms with van der Waals surface area (Å²) in [4.78, 5) is 16.0. The molecular weight excluding hydrogens is 448 g/mol. The molecule has 2 aromatic carbocycles. The predicted octanol–water partition coefficient (Wildman–Crippen LogP) is 3.51. The Morgan fingerprint density at radius 2 is 1.73 bits per heavy atom. The molecule has 0 saturated heterocycles. The van der Waals surface area contributed by atoms with Gasteiger partial charge in [-0.05, 0) is 36.4 Å². The van der Waals surface area contributed by atoms with Crippen LogP contribution in [-0.2, 0) is 16.2 Å². The molecule has 30 heavy (non-hydrogen) atoms. The zero-order valence-electron chi connectivity index (χ0n) is 14.7. The minimum absolute atomic E-state index is 0.0316. The first kappa shape index (κ1) is 21.7. The maximum absolute atomic E-state index is 14.1. The van der Waals surface area contributed by atoms with Gasteiger partial charge in [0.25, 0.3) is 0 Å². The SMILES string of the molecule is Nc1nc(Nc2ccc(S(N)(=O)=O)cc2)sc1C(=O)c1c(F)cccc1C(F)(F)F. The summed E-state index contributed by atoms with van der Waals surface area (Å²) in [6, 6.07) is 7.34. The molecule has 0 atom stereocenters. The van der Waals surface area contributed by atoms with Crippen molar-refractivity contribution in [3.8, 4) is 0 Å². The predicted molar refractivity (Wildman–Crippen MR) is 102 cm³/mol. The molecule has 1 heterocycles. The van der Waals surface area contributed by atoms with Crippen molar-refractivity contribution in [1.29, 1.82) is 0 Å². The van der Waals surface area contributed by atoms with Crippen molar-refractivity contribution in [2.75, 3.05) is 11.1 Å². The van der Waals surface area contributed by atoms with Crippen LogP contribution in [0.15, 0.2) is 47.4 Å². The van der Waals surface area contributed by atoms with Crippen molar-refractivity contribution in [1.82, 2.24) is 4.98 Å². The number of primary sulfonamides is 1. The highest BCUT2D eigenvalue weighted by molar-refractivity contribution is 7.89. The highest BCUT2D eigenvalue weighted by Gasteiger charge is 2.37. The fraction of sp³-hybridized carbons (Fsp3) is 0.0588. The van der Waals surface area contributed by atoms with Gasteiger partial charge in [-0.25, -0.2) is 22.9 Å².